The van der Waals surface area contributed by atoms with E-state index < -0.39 is 11.9 Å². The molecule has 0 spiro atoms. The van der Waals surface area contributed by atoms with Crippen LogP contribution in [0.5, 0.6) is 0 Å². The lowest BCUT2D eigenvalue weighted by atomic mass is 10.0. The lowest BCUT2D eigenvalue weighted by Crippen LogP contribution is -2.27. The zero-order valence-corrected chi connectivity index (χ0v) is 19.7. The molecule has 0 aliphatic heterocycles. The first-order valence-electron chi connectivity index (χ1n) is 10.3. The van der Waals surface area contributed by atoms with E-state index >= 15 is 0 Å². The first-order chi connectivity index (χ1) is 15.6. The molecule has 0 bridgehead atoms. The molecule has 0 N–H and O–H groups in total. The summed E-state index contributed by atoms with van der Waals surface area (Å²) in [6, 6.07) is 17.7. The quantitative estimate of drug-likeness (QED) is 0.295. The van der Waals surface area contributed by atoms with E-state index in [0.717, 1.165) is 32.6 Å². The van der Waals surface area contributed by atoms with Gasteiger partial charge in [0.1, 0.15) is 5.76 Å². The van der Waals surface area contributed by atoms with Crippen LogP contribution in [0.2, 0.25) is 0 Å². The average molecular weight is 519 g/mol. The number of alkyl halides is 3. The zero-order chi connectivity index (χ0) is 23.8. The molecule has 0 saturated carbocycles. The van der Waals surface area contributed by atoms with Gasteiger partial charge in [-0.3, -0.25) is 9.69 Å². The molecule has 0 unspecified atom stereocenters. The van der Waals surface area contributed by atoms with Crippen molar-refractivity contribution in [2.45, 2.75) is 32.7 Å². The Morgan fingerprint density at radius 3 is 2.33 bits per heavy atom. The van der Waals surface area contributed by atoms with Crippen LogP contribution in [0, 0.1) is 6.92 Å². The number of furan rings is 1. The summed E-state index contributed by atoms with van der Waals surface area (Å²) in [6.07, 6.45) is -4.53. The van der Waals surface area contributed by atoms with E-state index in [9.17, 15) is 18.0 Å². The molecule has 0 amide bonds. The van der Waals surface area contributed by atoms with Gasteiger partial charge in [0.15, 0.2) is 0 Å². The predicted molar refractivity (Wildman–Crippen MR) is 125 cm³/mol. The predicted octanol–water partition coefficient (Wildman–Crippen LogP) is 6.42. The topological polar surface area (TPSA) is 38.4 Å². The summed E-state index contributed by atoms with van der Waals surface area (Å²) in [6.45, 7) is 2.80. The highest BCUT2D eigenvalue weighted by Crippen LogP contribution is 2.31. The fraction of sp³-hybridized carbons (Fsp3) is 0.240. The number of halogens is 4. The Balaban J connectivity index is 1.73. The first-order valence-corrected chi connectivity index (χ1v) is 11.1. The van der Waals surface area contributed by atoms with Gasteiger partial charge >= 0.3 is 6.18 Å². The van der Waals surface area contributed by atoms with Crippen molar-refractivity contribution < 1.29 is 17.6 Å². The normalized spacial score (nSPS) is 12.1. The highest BCUT2D eigenvalue weighted by Gasteiger charge is 2.34. The number of aromatic nitrogens is 1. The first kappa shape index (κ1) is 23.3. The van der Waals surface area contributed by atoms with E-state index in [1.807, 2.05) is 53.4 Å². The van der Waals surface area contributed by atoms with E-state index in [1.54, 1.807) is 18.5 Å². The summed E-state index contributed by atoms with van der Waals surface area (Å²) in [7, 11) is 1.74. The van der Waals surface area contributed by atoms with Gasteiger partial charge in [-0.15, -0.1) is 0 Å². The van der Waals surface area contributed by atoms with Crippen LogP contribution in [0.4, 0.5) is 13.2 Å². The van der Waals surface area contributed by atoms with Gasteiger partial charge in [-0.05, 0) is 48.4 Å². The van der Waals surface area contributed by atoms with Crippen LogP contribution in [-0.4, -0.2) is 9.47 Å². The lowest BCUT2D eigenvalue weighted by molar-refractivity contribution is -0.153. The van der Waals surface area contributed by atoms with Gasteiger partial charge in [0.2, 0.25) is 5.76 Å². The molecule has 0 aliphatic rings. The third-order valence-corrected chi connectivity index (χ3v) is 6.22. The molecule has 0 fully saturated rings. The Morgan fingerprint density at radius 1 is 0.970 bits per heavy atom. The van der Waals surface area contributed by atoms with Gasteiger partial charge in [0, 0.05) is 35.6 Å². The Labute approximate surface area is 197 Å². The molecule has 4 aromatic rings. The molecule has 4 rings (SSSR count). The van der Waals surface area contributed by atoms with Gasteiger partial charge < -0.3 is 8.98 Å². The number of hydrogen-bond donors (Lipinski definition) is 0. The third kappa shape index (κ3) is 5.07. The minimum absolute atomic E-state index is 0.0929. The summed E-state index contributed by atoms with van der Waals surface area (Å²) >= 11 is 3.42. The zero-order valence-electron chi connectivity index (χ0n) is 18.1. The van der Waals surface area contributed by atoms with Crippen molar-refractivity contribution in [3.63, 3.8) is 0 Å². The monoisotopic (exact) mass is 518 g/mol. The fourth-order valence-electron chi connectivity index (χ4n) is 3.99. The molecule has 172 valence electrons. The maximum atomic E-state index is 13.0. The molecule has 0 atom stereocenters. The Kier molecular flexibility index (Phi) is 6.50. The van der Waals surface area contributed by atoms with Crippen LogP contribution in [0.25, 0.3) is 10.9 Å². The molecule has 2 heterocycles. The van der Waals surface area contributed by atoms with E-state index in [-0.39, 0.29) is 17.9 Å². The van der Waals surface area contributed by atoms with Gasteiger partial charge in [0.25, 0.3) is 5.56 Å². The fourth-order valence-corrected chi connectivity index (χ4v) is 4.26. The smallest absolute Gasteiger partial charge is 0.449 e. The average Bonchev–Trinajstić information content (AvgIpc) is 3.26. The number of fused-ring (bicyclic) bond motifs is 1. The van der Waals surface area contributed by atoms with E-state index in [4.69, 9.17) is 4.42 Å². The number of nitrogens with zero attached hydrogens (tertiary/aromatic N) is 2. The summed E-state index contributed by atoms with van der Waals surface area (Å²) in [5.41, 5.74) is 3.18. The van der Waals surface area contributed by atoms with Crippen molar-refractivity contribution >= 4 is 26.8 Å². The van der Waals surface area contributed by atoms with Gasteiger partial charge in [-0.25, -0.2) is 0 Å². The van der Waals surface area contributed by atoms with Gasteiger partial charge in [-0.2, -0.15) is 13.2 Å². The molecule has 0 aliphatic carbocycles. The third-order valence-electron chi connectivity index (χ3n) is 5.69. The van der Waals surface area contributed by atoms with Gasteiger partial charge in [-0.1, -0.05) is 46.3 Å². The van der Waals surface area contributed by atoms with Crippen LogP contribution in [0.1, 0.15) is 28.2 Å². The number of benzene rings is 2. The maximum Gasteiger partial charge on any atom is 0.449 e. The largest absolute Gasteiger partial charge is 0.455 e. The van der Waals surface area contributed by atoms with Crippen molar-refractivity contribution in [1.29, 1.82) is 0 Å². The second-order valence-corrected chi connectivity index (χ2v) is 8.94. The molecule has 0 radical (unpaired) electrons. The minimum Gasteiger partial charge on any atom is -0.455 e. The van der Waals surface area contributed by atoms with Crippen molar-refractivity contribution in [2.24, 2.45) is 7.05 Å². The minimum atomic E-state index is -4.53. The van der Waals surface area contributed by atoms with Gasteiger partial charge in [0.05, 0.1) is 12.1 Å². The van der Waals surface area contributed by atoms with Crippen LogP contribution < -0.4 is 5.56 Å². The number of pyridine rings is 1. The standard InChI is InChI=1S/C25H22BrF3N2O2/c1-16-21(20-5-3-4-6-22(20)30(2)24(16)32)15-31(13-17-7-9-18(26)10-8-17)14-19-11-12-23(33-19)25(27,28)29/h3-12H,13-15H2,1-2H3. The summed E-state index contributed by atoms with van der Waals surface area (Å²) < 4.78 is 46.7. The SMILES string of the molecule is Cc1c(CN(Cc2ccc(Br)cc2)Cc2ccc(C(F)(F)F)o2)c2ccccc2n(C)c1=O. The second kappa shape index (κ2) is 9.19. The van der Waals surface area contributed by atoms with Crippen LogP contribution in [-0.2, 0) is 32.9 Å². The highest BCUT2D eigenvalue weighted by atomic mass is 79.9. The molecule has 33 heavy (non-hydrogen) atoms. The van der Waals surface area contributed by atoms with E-state index in [2.05, 4.69) is 15.9 Å². The van der Waals surface area contributed by atoms with Crippen LogP contribution in [0.3, 0.4) is 0 Å². The molecular formula is C25H22BrF3N2O2. The molecule has 2 aromatic carbocycles. The highest BCUT2D eigenvalue weighted by molar-refractivity contribution is 9.10. The molecule has 2 aromatic heterocycles. The van der Waals surface area contributed by atoms with Crippen LogP contribution in [0.15, 0.2) is 74.3 Å². The lowest BCUT2D eigenvalue weighted by Gasteiger charge is -2.24. The number of aryl methyl sites for hydroxylation is 1. The summed E-state index contributed by atoms with van der Waals surface area (Å²) in [5, 5.41) is 0.938. The van der Waals surface area contributed by atoms with E-state index in [1.165, 1.54) is 6.07 Å². The maximum absolute atomic E-state index is 13.0. The summed E-state index contributed by atoms with van der Waals surface area (Å²) in [5.74, 6) is -0.804. The van der Waals surface area contributed by atoms with Crippen molar-refractivity contribution in [1.82, 2.24) is 9.47 Å². The van der Waals surface area contributed by atoms with Crippen LogP contribution >= 0.6 is 15.9 Å². The number of para-hydroxylation sites is 1. The Morgan fingerprint density at radius 2 is 1.67 bits per heavy atom. The number of rotatable bonds is 6. The molecular weight excluding hydrogens is 497 g/mol. The Hall–Kier alpha value is -2.84. The molecule has 0 saturated heterocycles. The van der Waals surface area contributed by atoms with Crippen molar-refractivity contribution in [3.8, 4) is 0 Å². The van der Waals surface area contributed by atoms with Crippen molar-refractivity contribution in [3.05, 3.63) is 104 Å². The number of hydrogen-bond acceptors (Lipinski definition) is 3. The Bertz CT molecular complexity index is 1340. The molecule has 4 nitrogen and oxygen atoms in total. The van der Waals surface area contributed by atoms with E-state index in [0.29, 0.717) is 18.7 Å². The summed E-state index contributed by atoms with van der Waals surface area (Å²) in [4.78, 5) is 14.8. The van der Waals surface area contributed by atoms with Crippen molar-refractivity contribution in [2.75, 3.05) is 0 Å². The second-order valence-electron chi connectivity index (χ2n) is 8.02. The molecule has 8 heteroatoms.